The minimum absolute atomic E-state index is 0.372. The van der Waals surface area contributed by atoms with Crippen molar-refractivity contribution < 1.29 is 27.1 Å². The van der Waals surface area contributed by atoms with Crippen LogP contribution in [0.2, 0.25) is 0 Å². The lowest BCUT2D eigenvalue weighted by Crippen LogP contribution is -2.15. The highest BCUT2D eigenvalue weighted by Crippen LogP contribution is 2.38. The molecule has 1 rings (SSSR count). The fourth-order valence-corrected chi connectivity index (χ4v) is 1.72. The quantitative estimate of drug-likeness (QED) is 0.492. The monoisotopic (exact) mass is 315 g/mol. The van der Waals surface area contributed by atoms with Crippen LogP contribution in [0.25, 0.3) is 0 Å². The largest absolute Gasteiger partial charge is 0.465 e. The van der Waals surface area contributed by atoms with Gasteiger partial charge in [0.05, 0.1) is 18.4 Å². The Balaban J connectivity index is 3.53. The maximum atomic E-state index is 13.5. The minimum Gasteiger partial charge on any atom is -0.465 e. The zero-order valence-electron chi connectivity index (χ0n) is 8.36. The summed E-state index contributed by atoms with van der Waals surface area (Å²) in [5.41, 5.74) is 1.85. The van der Waals surface area contributed by atoms with Gasteiger partial charge in [-0.05, 0) is 22.0 Å². The third-order valence-electron chi connectivity index (χ3n) is 1.95. The van der Waals surface area contributed by atoms with Crippen LogP contribution < -0.4 is 5.73 Å². The zero-order chi connectivity index (χ0) is 13.4. The lowest BCUT2D eigenvalue weighted by molar-refractivity contribution is -0.137. The van der Waals surface area contributed by atoms with E-state index in [1.165, 1.54) is 0 Å². The molecule has 0 saturated heterocycles. The van der Waals surface area contributed by atoms with Crippen molar-refractivity contribution in [3.05, 3.63) is 27.5 Å². The summed E-state index contributed by atoms with van der Waals surface area (Å²) in [7, 11) is 0.974. The zero-order valence-corrected chi connectivity index (χ0v) is 9.95. The summed E-state index contributed by atoms with van der Waals surface area (Å²) >= 11 is 2.67. The van der Waals surface area contributed by atoms with E-state index in [1.54, 1.807) is 0 Å². The smallest absolute Gasteiger partial charge is 0.418 e. The number of alkyl halides is 3. The first-order chi connectivity index (χ1) is 7.70. The molecule has 0 atom stereocenters. The molecule has 94 valence electrons. The Labute approximate surface area is 102 Å². The fourth-order valence-electron chi connectivity index (χ4n) is 1.16. The van der Waals surface area contributed by atoms with Crippen LogP contribution in [-0.2, 0) is 10.9 Å². The molecule has 0 spiro atoms. The predicted octanol–water partition coefficient (Wildman–Crippen LogP) is 2.98. The van der Waals surface area contributed by atoms with Crippen LogP contribution in [-0.4, -0.2) is 13.1 Å². The van der Waals surface area contributed by atoms with Crippen LogP contribution in [0.3, 0.4) is 0 Å². The molecule has 1 aromatic rings. The second-order valence-electron chi connectivity index (χ2n) is 3.00. The average Bonchev–Trinajstić information content (AvgIpc) is 2.21. The van der Waals surface area contributed by atoms with E-state index in [4.69, 9.17) is 5.73 Å². The first kappa shape index (κ1) is 13.8. The van der Waals surface area contributed by atoms with Gasteiger partial charge in [-0.3, -0.25) is 0 Å². The van der Waals surface area contributed by atoms with Crippen LogP contribution in [0.1, 0.15) is 15.9 Å². The molecular formula is C9H6BrF4NO2. The van der Waals surface area contributed by atoms with Gasteiger partial charge in [0.25, 0.3) is 0 Å². The van der Waals surface area contributed by atoms with Crippen LogP contribution in [0, 0.1) is 5.82 Å². The molecule has 0 unspecified atom stereocenters. The second kappa shape index (κ2) is 4.52. The molecule has 8 heteroatoms. The van der Waals surface area contributed by atoms with Crippen molar-refractivity contribution in [3.63, 3.8) is 0 Å². The Bertz CT molecular complexity index is 473. The van der Waals surface area contributed by atoms with Crippen molar-refractivity contribution in [1.29, 1.82) is 0 Å². The van der Waals surface area contributed by atoms with Gasteiger partial charge in [0, 0.05) is 4.47 Å². The number of carbonyl (C=O) groups excluding carboxylic acids is 1. The molecule has 2 N–H and O–H groups in total. The molecule has 0 bridgehead atoms. The number of nitrogen functional groups attached to an aromatic ring is 1. The Morgan fingerprint density at radius 2 is 2.00 bits per heavy atom. The highest BCUT2D eigenvalue weighted by molar-refractivity contribution is 9.10. The molecule has 0 aromatic heterocycles. The summed E-state index contributed by atoms with van der Waals surface area (Å²) in [6, 6.07) is 0.532. The maximum absolute atomic E-state index is 13.5. The number of esters is 1. The van der Waals surface area contributed by atoms with Gasteiger partial charge in [0.1, 0.15) is 5.56 Å². The molecule has 3 nitrogen and oxygen atoms in total. The highest BCUT2D eigenvalue weighted by atomic mass is 79.9. The van der Waals surface area contributed by atoms with Gasteiger partial charge in [-0.1, -0.05) is 0 Å². The van der Waals surface area contributed by atoms with E-state index < -0.39 is 34.8 Å². The lowest BCUT2D eigenvalue weighted by Gasteiger charge is -2.13. The van der Waals surface area contributed by atoms with Crippen molar-refractivity contribution in [2.45, 2.75) is 6.18 Å². The van der Waals surface area contributed by atoms with E-state index >= 15 is 0 Å². The molecule has 0 aliphatic carbocycles. The number of rotatable bonds is 1. The van der Waals surface area contributed by atoms with Gasteiger partial charge < -0.3 is 10.5 Å². The third kappa shape index (κ3) is 2.51. The van der Waals surface area contributed by atoms with E-state index in [0.29, 0.717) is 6.07 Å². The van der Waals surface area contributed by atoms with E-state index in [-0.39, 0.29) is 4.47 Å². The molecule has 0 radical (unpaired) electrons. The molecule has 0 aliphatic heterocycles. The van der Waals surface area contributed by atoms with Crippen LogP contribution in [0.15, 0.2) is 10.5 Å². The number of halogens is 5. The molecule has 0 amide bonds. The van der Waals surface area contributed by atoms with Gasteiger partial charge in [0.15, 0.2) is 5.82 Å². The number of methoxy groups -OCH3 is 1. The molecular weight excluding hydrogens is 310 g/mol. The molecule has 0 fully saturated rings. The number of hydrogen-bond acceptors (Lipinski definition) is 3. The van der Waals surface area contributed by atoms with Crippen molar-refractivity contribution in [2.24, 2.45) is 0 Å². The van der Waals surface area contributed by atoms with Crippen molar-refractivity contribution in [3.8, 4) is 0 Å². The van der Waals surface area contributed by atoms with E-state index in [2.05, 4.69) is 20.7 Å². The van der Waals surface area contributed by atoms with E-state index in [0.717, 1.165) is 7.11 Å². The maximum Gasteiger partial charge on any atom is 0.418 e. The SMILES string of the molecule is COC(=O)c1c(Br)cc(C(F)(F)F)c(N)c1F. The molecule has 0 heterocycles. The van der Waals surface area contributed by atoms with Gasteiger partial charge >= 0.3 is 12.1 Å². The van der Waals surface area contributed by atoms with E-state index in [1.807, 2.05) is 0 Å². The third-order valence-corrected chi connectivity index (χ3v) is 2.58. The molecule has 17 heavy (non-hydrogen) atoms. The topological polar surface area (TPSA) is 52.3 Å². The average molecular weight is 316 g/mol. The number of benzene rings is 1. The van der Waals surface area contributed by atoms with Gasteiger partial charge in [-0.25, -0.2) is 9.18 Å². The van der Waals surface area contributed by atoms with Crippen molar-refractivity contribution in [2.75, 3.05) is 12.8 Å². The summed E-state index contributed by atoms with van der Waals surface area (Å²) in [6.45, 7) is 0. The minimum atomic E-state index is -4.80. The van der Waals surface area contributed by atoms with Crippen LogP contribution >= 0.6 is 15.9 Å². The van der Waals surface area contributed by atoms with Gasteiger partial charge in [0.2, 0.25) is 0 Å². The first-order valence-corrected chi connectivity index (χ1v) is 4.92. The molecule has 1 aromatic carbocycles. The molecule has 0 saturated carbocycles. The summed E-state index contributed by atoms with van der Waals surface area (Å²) < 4.78 is 54.7. The van der Waals surface area contributed by atoms with Gasteiger partial charge in [-0.2, -0.15) is 13.2 Å². The summed E-state index contributed by atoms with van der Waals surface area (Å²) in [5, 5.41) is 0. The van der Waals surface area contributed by atoms with E-state index in [9.17, 15) is 22.4 Å². The van der Waals surface area contributed by atoms with Gasteiger partial charge in [-0.15, -0.1) is 0 Å². The summed E-state index contributed by atoms with van der Waals surface area (Å²) in [4.78, 5) is 11.1. The molecule has 0 aliphatic rings. The Kier molecular flexibility index (Phi) is 3.65. The number of carbonyl (C=O) groups is 1. The first-order valence-electron chi connectivity index (χ1n) is 4.13. The standard InChI is InChI=1S/C9H6BrF4NO2/c1-17-8(16)5-4(10)2-3(9(12,13)14)7(15)6(5)11/h2H,15H2,1H3. The summed E-state index contributed by atoms with van der Waals surface area (Å²) in [5.74, 6) is -2.58. The Morgan fingerprint density at radius 1 is 1.47 bits per heavy atom. The summed E-state index contributed by atoms with van der Waals surface area (Å²) in [6.07, 6.45) is -4.80. The van der Waals surface area contributed by atoms with Crippen LogP contribution in [0.4, 0.5) is 23.2 Å². The second-order valence-corrected chi connectivity index (χ2v) is 3.85. The predicted molar refractivity (Wildman–Crippen MR) is 54.9 cm³/mol. The van der Waals surface area contributed by atoms with Crippen molar-refractivity contribution >= 4 is 27.6 Å². The highest BCUT2D eigenvalue weighted by Gasteiger charge is 2.36. The van der Waals surface area contributed by atoms with Crippen LogP contribution in [0.5, 0.6) is 0 Å². The number of anilines is 1. The number of hydrogen-bond donors (Lipinski definition) is 1. The number of ether oxygens (including phenoxy) is 1. The fraction of sp³-hybridized carbons (Fsp3) is 0.222. The Morgan fingerprint density at radius 3 is 2.41 bits per heavy atom. The van der Waals surface area contributed by atoms with Crippen molar-refractivity contribution in [1.82, 2.24) is 0 Å². The normalized spacial score (nSPS) is 11.4. The lowest BCUT2D eigenvalue weighted by atomic mass is 10.1. The Hall–Kier alpha value is -1.31. The number of nitrogens with two attached hydrogens (primary N) is 1.